The molecule has 83 heavy (non-hydrogen) atoms. The van der Waals surface area contributed by atoms with Crippen molar-refractivity contribution < 1.29 is 37.8 Å². The summed E-state index contributed by atoms with van der Waals surface area (Å²) >= 11 is 1.59. The van der Waals surface area contributed by atoms with Gasteiger partial charge in [0, 0.05) is 87.9 Å². The van der Waals surface area contributed by atoms with Crippen molar-refractivity contribution in [3.05, 3.63) is 88.7 Å². The van der Waals surface area contributed by atoms with E-state index < -0.39 is 29.1 Å². The van der Waals surface area contributed by atoms with Crippen LogP contribution in [-0.2, 0) is 25.7 Å². The van der Waals surface area contributed by atoms with E-state index in [0.29, 0.717) is 62.2 Å². The molecule has 5 fully saturated rings. The molecule has 3 unspecified atom stereocenters. The molecule has 7 atom stereocenters. The first-order chi connectivity index (χ1) is 39.8. The molecule has 2 bridgehead atoms. The van der Waals surface area contributed by atoms with E-state index in [1.165, 1.54) is 30.5 Å². The maximum Gasteiger partial charge on any atom is 0.319 e. The average Bonchev–Trinajstić information content (AvgIpc) is 3.50. The number of carbonyl (C=O) groups is 4. The summed E-state index contributed by atoms with van der Waals surface area (Å²) < 4.78 is 39.1. The lowest BCUT2D eigenvalue weighted by atomic mass is 9.85. The highest BCUT2D eigenvalue weighted by Crippen LogP contribution is 2.44. The van der Waals surface area contributed by atoms with Crippen LogP contribution in [0.5, 0.6) is 11.8 Å². The third kappa shape index (κ3) is 11.7. The first kappa shape index (κ1) is 57.5. The number of benzene rings is 3. The number of rotatable bonds is 17. The monoisotopic (exact) mass is 1150 g/mol. The van der Waals surface area contributed by atoms with E-state index in [-0.39, 0.29) is 112 Å². The second-order valence-electron chi connectivity index (χ2n) is 24.7. The van der Waals surface area contributed by atoms with Crippen molar-refractivity contribution in [3.63, 3.8) is 0 Å². The summed E-state index contributed by atoms with van der Waals surface area (Å²) in [5, 5.41) is 21.5. The second kappa shape index (κ2) is 23.4. The van der Waals surface area contributed by atoms with E-state index >= 15 is 8.78 Å². The molecule has 4 N–H and O–H groups in total. The zero-order valence-electron chi connectivity index (χ0n) is 48.1. The van der Waals surface area contributed by atoms with Gasteiger partial charge in [0.25, 0.3) is 0 Å². The predicted molar refractivity (Wildman–Crippen MR) is 315 cm³/mol. The Hall–Kier alpha value is -7.34. The van der Waals surface area contributed by atoms with Gasteiger partial charge < -0.3 is 40.5 Å². The normalized spacial score (nSPS) is 22.7. The van der Waals surface area contributed by atoms with Crippen molar-refractivity contribution in [3.8, 4) is 45.8 Å². The molecule has 6 aromatic rings. The number of aryl methyl sites for hydroxylation is 1. The number of fused-ring (bicyclic) bond motifs is 5. The molecule has 436 valence electrons. The molecule has 20 heteroatoms. The Kier molecular flexibility index (Phi) is 16.2. The molecule has 5 aliphatic heterocycles. The van der Waals surface area contributed by atoms with Gasteiger partial charge >= 0.3 is 6.01 Å². The molecular formula is C63H73F2N11O6S. The van der Waals surface area contributed by atoms with Crippen LogP contribution in [0.4, 0.5) is 14.6 Å². The molecule has 0 spiro atoms. The van der Waals surface area contributed by atoms with E-state index in [2.05, 4.69) is 41.6 Å². The van der Waals surface area contributed by atoms with Gasteiger partial charge in [0.05, 0.1) is 32.6 Å². The van der Waals surface area contributed by atoms with Gasteiger partial charge in [0.1, 0.15) is 47.3 Å². The van der Waals surface area contributed by atoms with Crippen molar-refractivity contribution >= 4 is 62.5 Å². The van der Waals surface area contributed by atoms with Crippen LogP contribution in [-0.4, -0.2) is 145 Å². The van der Waals surface area contributed by atoms with Gasteiger partial charge in [0.15, 0.2) is 5.82 Å². The molecule has 8 heterocycles. The van der Waals surface area contributed by atoms with Crippen LogP contribution in [0, 0.1) is 42.2 Å². The first-order valence-electron chi connectivity index (χ1n) is 29.1. The Balaban J connectivity index is 0.713. The molecule has 17 nitrogen and oxygen atoms in total. The van der Waals surface area contributed by atoms with Gasteiger partial charge in [-0.2, -0.15) is 9.97 Å². The Bertz CT molecular complexity index is 3520. The Labute approximate surface area is 487 Å². The van der Waals surface area contributed by atoms with Gasteiger partial charge in [0.2, 0.25) is 23.6 Å². The standard InChI is InChI=1S/C63H73F2N11O6S/c1-8-45-48(64)20-17-40-26-44(77)27-46(52(40)45)54-53(65)55-47(29-66-54)58(74-31-41-18-19-42(32-74)69-41)72-61(71-55)82-34-63-22-10-24-76(63)43(21-23-63)33-73(7)51(79)12-9-11-50(78)70-57(62(4,5)6)60(81)75-30-36(2)25-49(75)59(80)67-28-38-13-15-39(16-14-38)56-37(3)68-35-83-56/h1,13-17,20,26-27,29,35-36,41-43,49,57,69,77H,9-12,18-19,21-25,28,30-34H2,2-7H3,(H,67,80)(H,70,78)/t36?,41?,42?,43-,49-,57+,63+/m0/s1. The molecule has 11 rings (SSSR count). The molecule has 0 radical (unpaired) electrons. The van der Waals surface area contributed by atoms with E-state index in [1.807, 2.05) is 64.4 Å². The Morgan fingerprint density at radius 1 is 1.01 bits per heavy atom. The molecular weight excluding hydrogens is 1080 g/mol. The van der Waals surface area contributed by atoms with Gasteiger partial charge in [-0.1, -0.05) is 63.9 Å². The highest BCUT2D eigenvalue weighted by Gasteiger charge is 2.50. The molecule has 5 saturated heterocycles. The fourth-order valence-electron chi connectivity index (χ4n) is 13.5. The SMILES string of the molecule is C#Cc1c(F)ccc2cc(O)cc(-c3ncc4c(N5CC6CCC(C5)N6)nc(OC[C@]56CCCN5[C@H](CN(C)C(=O)CCCC(=O)N[C@H](C(=O)N5CC(C)C[C@H]5C(=O)NCc5ccc(-c7scnc7C)cc5)C(C)(C)C)CC6)nc4c3F)c12. The maximum absolute atomic E-state index is 17.3. The number of hydrogen-bond donors (Lipinski definition) is 4. The summed E-state index contributed by atoms with van der Waals surface area (Å²) in [5.41, 5.74) is 3.65. The summed E-state index contributed by atoms with van der Waals surface area (Å²) in [4.78, 5) is 83.1. The average molecular weight is 1150 g/mol. The number of piperazine rings is 1. The number of hydrogen-bond acceptors (Lipinski definition) is 14. The summed E-state index contributed by atoms with van der Waals surface area (Å²) in [7, 11) is 1.79. The van der Waals surface area contributed by atoms with Crippen molar-refractivity contribution in [1.82, 2.24) is 50.6 Å². The number of nitrogens with zero attached hydrogens (tertiary/aromatic N) is 8. The number of carbonyl (C=O) groups excluding carboxylic acids is 4. The number of amides is 4. The topological polar surface area (TPSA) is 198 Å². The molecule has 0 aliphatic carbocycles. The van der Waals surface area contributed by atoms with Crippen LogP contribution in [0.2, 0.25) is 0 Å². The van der Waals surface area contributed by atoms with E-state index in [9.17, 15) is 24.3 Å². The predicted octanol–water partition coefficient (Wildman–Crippen LogP) is 8.27. The van der Waals surface area contributed by atoms with Crippen LogP contribution >= 0.6 is 11.3 Å². The number of ether oxygens (including phenoxy) is 1. The lowest BCUT2D eigenvalue weighted by Crippen LogP contribution is -2.57. The molecule has 4 amide bonds. The van der Waals surface area contributed by atoms with Crippen molar-refractivity contribution in [1.29, 1.82) is 0 Å². The first-order valence-corrected chi connectivity index (χ1v) is 30.0. The summed E-state index contributed by atoms with van der Waals surface area (Å²) in [6.07, 6.45) is 13.7. The second-order valence-corrected chi connectivity index (χ2v) is 25.6. The van der Waals surface area contributed by atoms with Crippen LogP contribution in [0.15, 0.2) is 60.2 Å². The highest BCUT2D eigenvalue weighted by atomic mass is 32.1. The largest absolute Gasteiger partial charge is 0.508 e. The third-order valence-electron chi connectivity index (χ3n) is 17.8. The number of phenolic OH excluding ortho intramolecular Hbond substituents is 1. The van der Waals surface area contributed by atoms with Crippen LogP contribution in [0.25, 0.3) is 43.4 Å². The quantitative estimate of drug-likeness (QED) is 0.0638. The number of nitrogens with one attached hydrogen (secondary N) is 3. The lowest BCUT2D eigenvalue weighted by molar-refractivity contribution is -0.144. The number of likely N-dealkylation sites (tertiary alicyclic amines) is 1. The summed E-state index contributed by atoms with van der Waals surface area (Å²) in [6, 6.07) is 12.5. The number of aromatic hydroxyl groups is 1. The number of phenols is 1. The van der Waals surface area contributed by atoms with E-state index in [0.717, 1.165) is 66.8 Å². The minimum atomic E-state index is -0.888. The zero-order valence-corrected chi connectivity index (χ0v) is 48.9. The smallest absolute Gasteiger partial charge is 0.319 e. The van der Waals surface area contributed by atoms with E-state index in [1.54, 1.807) is 28.2 Å². The minimum Gasteiger partial charge on any atom is -0.508 e. The number of thiazole rings is 1. The highest BCUT2D eigenvalue weighted by molar-refractivity contribution is 7.13. The van der Waals surface area contributed by atoms with Crippen LogP contribution < -0.4 is 25.6 Å². The number of pyridine rings is 1. The third-order valence-corrected chi connectivity index (χ3v) is 18.7. The Morgan fingerprint density at radius 2 is 1.78 bits per heavy atom. The minimum absolute atomic E-state index is 0.0130. The van der Waals surface area contributed by atoms with Crippen LogP contribution in [0.1, 0.15) is 109 Å². The lowest BCUT2D eigenvalue weighted by Gasteiger charge is -2.36. The zero-order chi connectivity index (χ0) is 58.5. The van der Waals surface area contributed by atoms with Crippen molar-refractivity contribution in [2.45, 2.75) is 141 Å². The molecule has 5 aliphatic rings. The van der Waals surface area contributed by atoms with E-state index in [4.69, 9.17) is 21.1 Å². The fraction of sp³-hybridized carbons (Fsp3) is 0.492. The molecule has 3 aromatic carbocycles. The van der Waals surface area contributed by atoms with Gasteiger partial charge in [-0.3, -0.25) is 29.1 Å². The van der Waals surface area contributed by atoms with Gasteiger partial charge in [-0.15, -0.1) is 17.8 Å². The van der Waals surface area contributed by atoms with Crippen molar-refractivity contribution in [2.24, 2.45) is 11.3 Å². The summed E-state index contributed by atoms with van der Waals surface area (Å²) in [6.45, 7) is 13.2. The number of terminal acetylenes is 1. The van der Waals surface area contributed by atoms with Crippen molar-refractivity contribution in [2.75, 3.05) is 51.3 Å². The fourth-order valence-corrected chi connectivity index (χ4v) is 14.3. The molecule has 0 saturated carbocycles. The Morgan fingerprint density at radius 3 is 2.51 bits per heavy atom. The van der Waals surface area contributed by atoms with Crippen LogP contribution in [0.3, 0.4) is 0 Å². The van der Waals surface area contributed by atoms with Gasteiger partial charge in [-0.25, -0.2) is 13.8 Å². The molecule has 3 aromatic heterocycles. The number of aromatic nitrogens is 4. The van der Waals surface area contributed by atoms with Gasteiger partial charge in [-0.05, 0) is 111 Å². The number of anilines is 1. The maximum atomic E-state index is 17.3. The summed E-state index contributed by atoms with van der Waals surface area (Å²) in [5.74, 6) is 0.442. The number of likely N-dealkylation sites (N-methyl/N-ethyl adjacent to an activating group) is 1. The number of halogens is 2.